The number of pyridine rings is 1. The van der Waals surface area contributed by atoms with E-state index in [-0.39, 0.29) is 4.90 Å². The molecule has 0 amide bonds. The minimum atomic E-state index is -3.73. The Morgan fingerprint density at radius 2 is 1.90 bits per heavy atom. The highest BCUT2D eigenvalue weighted by Gasteiger charge is 2.37. The molecular weight excluding hydrogens is 464 g/mol. The van der Waals surface area contributed by atoms with Crippen LogP contribution in [0.1, 0.15) is 19.4 Å². The number of hydrogen-bond acceptors (Lipinski definition) is 3. The number of sulfonamides is 1. The molecule has 1 aromatic heterocycles. The number of nitrogens with zero attached hydrogens (tertiary/aromatic N) is 2. The Kier molecular flexibility index (Phi) is 5.82. The molecule has 1 atom stereocenters. The molecule has 0 unspecified atom stereocenters. The minimum absolute atomic E-state index is 0.284. The second-order valence-electron chi connectivity index (χ2n) is 7.41. The van der Waals surface area contributed by atoms with E-state index in [0.717, 1.165) is 39.6 Å². The van der Waals surface area contributed by atoms with Crippen LogP contribution in [0, 0.1) is 0 Å². The van der Waals surface area contributed by atoms with E-state index in [1.165, 1.54) is 0 Å². The van der Waals surface area contributed by atoms with Gasteiger partial charge in [0.25, 0.3) is 10.0 Å². The van der Waals surface area contributed by atoms with Crippen molar-refractivity contribution in [3.63, 3.8) is 0 Å². The SMILES string of the molecule is CC[Si](CC)[C@@H]1Cc2cc(Br)ccc2N(S(=O)(=O)c2cccc3cccnc23)C1. The molecule has 151 valence electrons. The van der Waals surface area contributed by atoms with Crippen molar-refractivity contribution in [1.82, 2.24) is 4.98 Å². The summed E-state index contributed by atoms with van der Waals surface area (Å²) in [7, 11) is -4.36. The van der Waals surface area contributed by atoms with E-state index < -0.39 is 18.8 Å². The fraction of sp³-hybridized carbons (Fsp3) is 0.318. The number of para-hydroxylation sites is 1. The first-order chi connectivity index (χ1) is 14.0. The van der Waals surface area contributed by atoms with Gasteiger partial charge in [-0.25, -0.2) is 8.42 Å². The standard InChI is InChI=1S/C22H24BrN2O2SSi/c1-3-29(4-2)19-14-17-13-18(23)10-11-20(17)25(15-19)28(26,27)21-9-5-7-16-8-6-12-24-22(16)21/h5-13,19H,3-4,14-15H2,1-2H3/t19-/m1/s1. The van der Waals surface area contributed by atoms with E-state index in [0.29, 0.717) is 17.6 Å². The summed E-state index contributed by atoms with van der Waals surface area (Å²) >= 11 is 3.56. The highest BCUT2D eigenvalue weighted by molar-refractivity contribution is 9.10. The summed E-state index contributed by atoms with van der Waals surface area (Å²) in [6.07, 6.45) is 2.60. The van der Waals surface area contributed by atoms with Crippen LogP contribution >= 0.6 is 15.9 Å². The van der Waals surface area contributed by atoms with Crippen LogP contribution in [0.3, 0.4) is 0 Å². The number of rotatable bonds is 5. The smallest absolute Gasteiger partial charge is 0.266 e. The van der Waals surface area contributed by atoms with E-state index in [4.69, 9.17) is 0 Å². The van der Waals surface area contributed by atoms with E-state index >= 15 is 0 Å². The van der Waals surface area contributed by atoms with Gasteiger partial charge in [-0.3, -0.25) is 9.29 Å². The Bertz CT molecular complexity index is 1140. The van der Waals surface area contributed by atoms with Crippen molar-refractivity contribution in [2.45, 2.75) is 42.8 Å². The molecule has 1 aliphatic rings. The summed E-state index contributed by atoms with van der Waals surface area (Å²) in [6, 6.07) is 17.4. The maximum Gasteiger partial charge on any atom is 0.266 e. The second-order valence-corrected chi connectivity index (χ2v) is 13.7. The molecule has 7 heteroatoms. The summed E-state index contributed by atoms with van der Waals surface area (Å²) in [6.45, 7) is 5.03. The molecule has 0 fully saturated rings. The van der Waals surface area contributed by atoms with E-state index in [1.54, 1.807) is 22.6 Å². The van der Waals surface area contributed by atoms with Crippen LogP contribution in [0.15, 0.2) is 64.1 Å². The minimum Gasteiger partial charge on any atom is -0.266 e. The normalized spacial score (nSPS) is 17.0. The Morgan fingerprint density at radius 1 is 1.14 bits per heavy atom. The van der Waals surface area contributed by atoms with Crippen LogP contribution in [0.4, 0.5) is 5.69 Å². The van der Waals surface area contributed by atoms with Gasteiger partial charge in [0.1, 0.15) is 4.90 Å². The van der Waals surface area contributed by atoms with Crippen molar-refractivity contribution in [3.05, 3.63) is 64.8 Å². The lowest BCUT2D eigenvalue weighted by molar-refractivity contribution is 0.586. The topological polar surface area (TPSA) is 50.3 Å². The lowest BCUT2D eigenvalue weighted by atomic mass is 10.0. The van der Waals surface area contributed by atoms with Gasteiger partial charge in [-0.15, -0.1) is 0 Å². The van der Waals surface area contributed by atoms with Crippen LogP contribution in [0.2, 0.25) is 17.6 Å². The summed E-state index contributed by atoms with van der Waals surface area (Å²) in [5.41, 5.74) is 2.84. The Hall–Kier alpha value is -1.70. The number of aromatic nitrogens is 1. The first-order valence-corrected chi connectivity index (χ1v) is 14.2. The zero-order valence-electron chi connectivity index (χ0n) is 16.6. The zero-order valence-corrected chi connectivity index (χ0v) is 20.0. The van der Waals surface area contributed by atoms with Gasteiger partial charge in [-0.05, 0) is 47.9 Å². The highest BCUT2D eigenvalue weighted by atomic mass is 79.9. The molecule has 0 bridgehead atoms. The molecule has 4 nitrogen and oxygen atoms in total. The fourth-order valence-corrected chi connectivity index (χ4v) is 9.18. The predicted molar refractivity (Wildman–Crippen MR) is 125 cm³/mol. The van der Waals surface area contributed by atoms with Gasteiger partial charge in [0, 0.05) is 22.6 Å². The molecular formula is C22H24BrN2O2SSi. The molecule has 2 aromatic carbocycles. The molecule has 29 heavy (non-hydrogen) atoms. The summed E-state index contributed by atoms with van der Waals surface area (Å²) in [5, 5.41) is 0.838. The Balaban J connectivity index is 1.87. The second kappa shape index (κ2) is 8.20. The van der Waals surface area contributed by atoms with Gasteiger partial charge in [-0.2, -0.15) is 0 Å². The van der Waals surface area contributed by atoms with E-state index in [2.05, 4.69) is 40.8 Å². The summed E-state index contributed by atoms with van der Waals surface area (Å²) in [4.78, 5) is 4.68. The number of hydrogen-bond donors (Lipinski definition) is 0. The first kappa shape index (κ1) is 20.6. The third-order valence-corrected chi connectivity index (χ3v) is 11.5. The number of benzene rings is 2. The average Bonchev–Trinajstić information content (AvgIpc) is 2.73. The lowest BCUT2D eigenvalue weighted by Crippen LogP contribution is -2.42. The van der Waals surface area contributed by atoms with Gasteiger partial charge in [0.15, 0.2) is 0 Å². The van der Waals surface area contributed by atoms with Crippen LogP contribution < -0.4 is 4.31 Å². The Labute approximate surface area is 182 Å². The molecule has 1 radical (unpaired) electrons. The molecule has 0 saturated carbocycles. The van der Waals surface area contributed by atoms with Crippen LogP contribution in [0.25, 0.3) is 10.9 Å². The molecule has 0 aliphatic carbocycles. The molecule has 2 heterocycles. The van der Waals surface area contributed by atoms with Gasteiger partial charge in [-0.1, -0.05) is 60.1 Å². The zero-order chi connectivity index (χ0) is 20.6. The van der Waals surface area contributed by atoms with Crippen LogP contribution in [-0.4, -0.2) is 28.7 Å². The molecule has 0 N–H and O–H groups in total. The number of halogens is 1. The average molecular weight is 489 g/mol. The third kappa shape index (κ3) is 3.76. The third-order valence-electron chi connectivity index (χ3n) is 5.81. The van der Waals surface area contributed by atoms with Crippen molar-refractivity contribution in [1.29, 1.82) is 0 Å². The summed E-state index contributed by atoms with van der Waals surface area (Å²) in [5.74, 6) is 0. The van der Waals surface area contributed by atoms with Gasteiger partial charge in [0.05, 0.1) is 20.0 Å². The molecule has 1 aliphatic heterocycles. The Morgan fingerprint density at radius 3 is 2.66 bits per heavy atom. The van der Waals surface area contributed by atoms with Crippen molar-refractivity contribution in [3.8, 4) is 0 Å². The first-order valence-electron chi connectivity index (χ1n) is 9.95. The molecule has 0 saturated heterocycles. The monoisotopic (exact) mass is 487 g/mol. The van der Waals surface area contributed by atoms with Gasteiger partial charge < -0.3 is 0 Å². The quantitative estimate of drug-likeness (QED) is 0.436. The van der Waals surface area contributed by atoms with E-state index in [9.17, 15) is 8.42 Å². The molecule has 0 spiro atoms. The maximum absolute atomic E-state index is 13.9. The molecule has 4 rings (SSSR count). The van der Waals surface area contributed by atoms with Crippen molar-refractivity contribution in [2.75, 3.05) is 10.8 Å². The van der Waals surface area contributed by atoms with Crippen molar-refractivity contribution >= 4 is 51.3 Å². The maximum atomic E-state index is 13.9. The largest absolute Gasteiger partial charge is 0.266 e. The van der Waals surface area contributed by atoms with Crippen molar-refractivity contribution in [2.24, 2.45) is 0 Å². The fourth-order valence-electron chi connectivity index (χ4n) is 4.32. The highest BCUT2D eigenvalue weighted by Crippen LogP contribution is 2.40. The number of anilines is 1. The lowest BCUT2D eigenvalue weighted by Gasteiger charge is -2.38. The molecule has 3 aromatic rings. The van der Waals surface area contributed by atoms with Crippen LogP contribution in [-0.2, 0) is 16.4 Å². The van der Waals surface area contributed by atoms with Gasteiger partial charge in [0.2, 0.25) is 0 Å². The summed E-state index contributed by atoms with van der Waals surface area (Å²) < 4.78 is 30.4. The van der Waals surface area contributed by atoms with Crippen LogP contribution in [0.5, 0.6) is 0 Å². The number of fused-ring (bicyclic) bond motifs is 2. The predicted octanol–water partition coefficient (Wildman–Crippen LogP) is 5.65. The van der Waals surface area contributed by atoms with E-state index in [1.807, 2.05) is 30.3 Å². The van der Waals surface area contributed by atoms with Gasteiger partial charge >= 0.3 is 0 Å². The van der Waals surface area contributed by atoms with Crippen molar-refractivity contribution < 1.29 is 8.42 Å².